The second kappa shape index (κ2) is 12.8. The Kier molecular flexibility index (Phi) is 9.05. The first-order valence-electron chi connectivity index (χ1n) is 13.1. The third kappa shape index (κ3) is 6.05. The number of β-lactam (4-membered cyclic amide) rings is 1. The van der Waals surface area contributed by atoms with E-state index in [2.05, 4.69) is 20.4 Å². The van der Waals surface area contributed by atoms with Crippen LogP contribution < -0.4 is 26.5 Å². The smallest absolute Gasteiger partial charge is 0.347 e. The summed E-state index contributed by atoms with van der Waals surface area (Å²) in [6.07, 6.45) is 4.68. The summed E-state index contributed by atoms with van der Waals surface area (Å²) in [5.74, 6) is -4.27. The van der Waals surface area contributed by atoms with Gasteiger partial charge in [-0.05, 0) is 19.9 Å². The molecule has 2 amide bonds. The Morgan fingerprint density at radius 1 is 1.41 bits per heavy atom. The number of carbonyl (C=O) groups is 4. The first-order chi connectivity index (χ1) is 21.0. The molecular formula is C25H26ClN9O7S2. The maximum Gasteiger partial charge on any atom is 0.347 e. The van der Waals surface area contributed by atoms with Crippen LogP contribution in [0.2, 0.25) is 4.34 Å². The van der Waals surface area contributed by atoms with Crippen molar-refractivity contribution in [1.82, 2.24) is 24.8 Å². The minimum absolute atomic E-state index is 0.0125. The van der Waals surface area contributed by atoms with E-state index in [0.29, 0.717) is 18.7 Å². The number of thiazole rings is 1. The van der Waals surface area contributed by atoms with E-state index in [0.717, 1.165) is 33.7 Å². The molecule has 5 rings (SSSR count). The van der Waals surface area contributed by atoms with Gasteiger partial charge in [0.1, 0.15) is 32.5 Å². The molecule has 0 aliphatic carbocycles. The number of nitrogens with one attached hydrogen (secondary N) is 1. The third-order valence-corrected chi connectivity index (χ3v) is 9.24. The number of amides is 2. The van der Waals surface area contributed by atoms with Gasteiger partial charge in [-0.15, -0.1) is 11.8 Å². The van der Waals surface area contributed by atoms with Crippen LogP contribution in [-0.4, -0.2) is 83.8 Å². The molecule has 3 atom stereocenters. The SMILES string of the molecule is C[C@H](O/N=C(\C(=O)NC1C(=O)N2C(C(=O)[O-])=C(C[n+]3ccc4ncn(CCCN)c4c3)CSC12)c1nc(N)sc1Cl)C(=O)O. The number of anilines is 1. The van der Waals surface area contributed by atoms with Crippen LogP contribution in [0.5, 0.6) is 0 Å². The first-order valence-corrected chi connectivity index (χ1v) is 15.4. The van der Waals surface area contributed by atoms with Crippen LogP contribution in [0.4, 0.5) is 5.13 Å². The number of aliphatic carboxylic acids is 2. The number of aryl methyl sites for hydroxylation is 1. The van der Waals surface area contributed by atoms with Crippen LogP contribution in [0.25, 0.3) is 11.0 Å². The van der Waals surface area contributed by atoms with Gasteiger partial charge < -0.3 is 41.2 Å². The fraction of sp³-hybridized carbons (Fsp3) is 0.360. The van der Waals surface area contributed by atoms with Crippen molar-refractivity contribution in [3.8, 4) is 0 Å². The molecule has 2 aliphatic rings. The predicted octanol–water partition coefficient (Wildman–Crippen LogP) is -1.34. The molecule has 1 fully saturated rings. The van der Waals surface area contributed by atoms with E-state index in [1.54, 1.807) is 17.1 Å². The number of nitrogens with zero attached hydrogens (tertiary/aromatic N) is 6. The maximum absolute atomic E-state index is 13.3. The van der Waals surface area contributed by atoms with E-state index >= 15 is 0 Å². The molecule has 2 unspecified atom stereocenters. The van der Waals surface area contributed by atoms with E-state index in [9.17, 15) is 24.3 Å². The van der Waals surface area contributed by atoms with Gasteiger partial charge in [0.2, 0.25) is 6.10 Å². The molecule has 6 N–H and O–H groups in total. The van der Waals surface area contributed by atoms with Gasteiger partial charge >= 0.3 is 5.97 Å². The van der Waals surface area contributed by atoms with Crippen molar-refractivity contribution < 1.29 is 38.8 Å². The van der Waals surface area contributed by atoms with E-state index < -0.39 is 47.0 Å². The van der Waals surface area contributed by atoms with E-state index in [1.165, 1.54) is 18.7 Å². The Labute approximate surface area is 262 Å². The summed E-state index contributed by atoms with van der Waals surface area (Å²) in [7, 11) is 0. The van der Waals surface area contributed by atoms with Crippen LogP contribution in [0.1, 0.15) is 19.0 Å². The van der Waals surface area contributed by atoms with Gasteiger partial charge in [-0.2, -0.15) is 4.57 Å². The molecule has 0 spiro atoms. The van der Waals surface area contributed by atoms with E-state index in [-0.39, 0.29) is 33.2 Å². The van der Waals surface area contributed by atoms with Crippen molar-refractivity contribution in [3.63, 3.8) is 0 Å². The molecule has 44 heavy (non-hydrogen) atoms. The molecule has 5 heterocycles. The number of carboxylic acids is 2. The van der Waals surface area contributed by atoms with E-state index in [1.807, 2.05) is 16.8 Å². The van der Waals surface area contributed by atoms with Crippen molar-refractivity contribution in [1.29, 1.82) is 0 Å². The second-order valence-electron chi connectivity index (χ2n) is 9.77. The number of halogens is 1. The summed E-state index contributed by atoms with van der Waals surface area (Å²) in [4.78, 5) is 64.3. The van der Waals surface area contributed by atoms with Crippen LogP contribution in [0.3, 0.4) is 0 Å². The van der Waals surface area contributed by atoms with Gasteiger partial charge in [-0.25, -0.2) is 14.8 Å². The first kappa shape index (κ1) is 31.2. The number of thioether (sulfide) groups is 1. The summed E-state index contributed by atoms with van der Waals surface area (Å²) in [5, 5.41) is 26.8. The number of fused-ring (bicyclic) bond motifs is 2. The van der Waals surface area contributed by atoms with Gasteiger partial charge in [0.25, 0.3) is 11.8 Å². The summed E-state index contributed by atoms with van der Waals surface area (Å²) in [6.45, 7) is 2.57. The van der Waals surface area contributed by atoms with Gasteiger partial charge in [0, 0.05) is 23.9 Å². The number of carbonyl (C=O) groups excluding carboxylic acids is 3. The highest BCUT2D eigenvalue weighted by atomic mass is 35.5. The average Bonchev–Trinajstić information content (AvgIpc) is 3.55. The molecule has 0 bridgehead atoms. The highest BCUT2D eigenvalue weighted by molar-refractivity contribution is 8.00. The zero-order valence-corrected chi connectivity index (χ0v) is 25.4. The molecule has 1 saturated heterocycles. The zero-order chi connectivity index (χ0) is 31.7. The molecule has 0 saturated carbocycles. The van der Waals surface area contributed by atoms with E-state index in [4.69, 9.17) is 33.0 Å². The van der Waals surface area contributed by atoms with Crippen molar-refractivity contribution in [2.45, 2.75) is 44.0 Å². The third-order valence-electron chi connectivity index (χ3n) is 6.82. The minimum Gasteiger partial charge on any atom is -0.543 e. The summed E-state index contributed by atoms with van der Waals surface area (Å²) in [5.41, 5.74) is 12.5. The summed E-state index contributed by atoms with van der Waals surface area (Å²) < 4.78 is 3.75. The monoisotopic (exact) mass is 663 g/mol. The Bertz CT molecular complexity index is 1720. The number of oxime groups is 1. The number of imidazole rings is 1. The molecular weight excluding hydrogens is 638 g/mol. The number of pyridine rings is 1. The summed E-state index contributed by atoms with van der Waals surface area (Å²) >= 11 is 8.26. The largest absolute Gasteiger partial charge is 0.543 e. The van der Waals surface area contributed by atoms with Gasteiger partial charge in [-0.1, -0.05) is 28.1 Å². The maximum atomic E-state index is 13.3. The number of nitrogens with two attached hydrogens (primary N) is 2. The lowest BCUT2D eigenvalue weighted by molar-refractivity contribution is -0.687. The van der Waals surface area contributed by atoms with Gasteiger partial charge in [-0.3, -0.25) is 14.5 Å². The number of nitrogen functional groups attached to an aromatic ring is 1. The van der Waals surface area contributed by atoms with Crippen molar-refractivity contribution in [2.75, 3.05) is 18.0 Å². The van der Waals surface area contributed by atoms with Gasteiger partial charge in [0.15, 0.2) is 29.8 Å². The Balaban J connectivity index is 1.36. The van der Waals surface area contributed by atoms with Crippen LogP contribution in [0.15, 0.2) is 41.2 Å². The van der Waals surface area contributed by atoms with Crippen molar-refractivity contribution >= 4 is 80.3 Å². The summed E-state index contributed by atoms with van der Waals surface area (Å²) in [6, 6.07) is 0.677. The Hall–Kier alpha value is -4.26. The van der Waals surface area contributed by atoms with Crippen LogP contribution >= 0.6 is 34.7 Å². The molecule has 2 aliphatic heterocycles. The minimum atomic E-state index is -1.53. The second-order valence-corrected chi connectivity index (χ2v) is 12.5. The normalized spacial score (nSPS) is 19.0. The number of hydrogen-bond acceptors (Lipinski definition) is 13. The molecule has 0 radical (unpaired) electrons. The zero-order valence-electron chi connectivity index (χ0n) is 23.0. The lowest BCUT2D eigenvalue weighted by Gasteiger charge is -2.50. The number of hydrogen-bond donors (Lipinski definition) is 4. The lowest BCUT2D eigenvalue weighted by Crippen LogP contribution is -2.71. The topological polar surface area (TPSA) is 235 Å². The molecule has 16 nitrogen and oxygen atoms in total. The quantitative estimate of drug-likeness (QED) is 0.0763. The number of aromatic nitrogens is 4. The predicted molar refractivity (Wildman–Crippen MR) is 157 cm³/mol. The van der Waals surface area contributed by atoms with Gasteiger partial charge in [0.05, 0.1) is 18.0 Å². The standard InChI is InChI=1S/C25H26ClN9O7S2/c1-11(23(38)39)42-32-16(15-19(26)44-25(28)31-15)20(36)30-17-21(37)35-18(24(40)41)12(9-43-22(17)35)7-33-6-3-13-14(8-33)34(10-29-13)5-2-4-27/h3,6,8,10-11,17,22H,2,4-5,7,9,27H2,1H3,(H4-,28,30,31,36,38,39,40,41)/b32-16-/t11-,17?,22?/m0/s1. The highest BCUT2D eigenvalue weighted by Gasteiger charge is 2.53. The Morgan fingerprint density at radius 2 is 2.18 bits per heavy atom. The molecule has 232 valence electrons. The Morgan fingerprint density at radius 3 is 2.84 bits per heavy atom. The fourth-order valence-corrected chi connectivity index (χ4v) is 6.90. The van der Waals surface area contributed by atoms with Crippen LogP contribution in [-0.2, 0) is 37.1 Å². The number of rotatable bonds is 12. The fourth-order valence-electron chi connectivity index (χ4n) is 4.64. The highest BCUT2D eigenvalue weighted by Crippen LogP contribution is 2.40. The number of carboxylic acid groups (broad SMARTS) is 2. The molecule has 0 aromatic carbocycles. The van der Waals surface area contributed by atoms with Crippen molar-refractivity contribution in [3.05, 3.63) is 46.1 Å². The van der Waals surface area contributed by atoms with Crippen LogP contribution in [0, 0.1) is 0 Å². The van der Waals surface area contributed by atoms with Crippen molar-refractivity contribution in [2.24, 2.45) is 10.9 Å². The molecule has 3 aromatic heterocycles. The lowest BCUT2D eigenvalue weighted by atomic mass is 10.0. The molecule has 3 aromatic rings. The average molecular weight is 664 g/mol. The molecule has 19 heteroatoms.